The average Bonchev–Trinajstić information content (AvgIpc) is 3.15. The van der Waals surface area contributed by atoms with Crippen molar-refractivity contribution in [3.8, 4) is 0 Å². The van der Waals surface area contributed by atoms with E-state index in [-0.39, 0.29) is 38.0 Å². The fraction of sp³-hybridized carbons (Fsp3) is 0.800. The average molecular weight is 884 g/mol. The van der Waals surface area contributed by atoms with E-state index >= 15 is 0 Å². The van der Waals surface area contributed by atoms with Gasteiger partial charge in [0.15, 0.2) is 24.8 Å². The number of rotatable bonds is 14. The van der Waals surface area contributed by atoms with Crippen molar-refractivity contribution in [3.63, 3.8) is 0 Å². The number of aldehydes is 1. The second-order valence-corrected chi connectivity index (χ2v) is 17.8. The van der Waals surface area contributed by atoms with Crippen LogP contribution in [0.3, 0.4) is 0 Å². The SMILES string of the molecule is CCC(=O)O[C@H]1C(OC2[C@@H](CC=O)C[C@@H](C)[C@@H](O)/C=C/C=C/C[C@@H](C)OC(=O)CC(OC(C)=O)[C@@H]2OC)OC(C)[C@@H](OC2C[C@@](C)(O)[C@@H](OC(=O)CC(C)C)[C@H](C)O2)[C@@H]1N(C)C. The number of likely N-dealkylation sites (N-methyl/N-ethyl adjacent to an activating group) is 1. The van der Waals surface area contributed by atoms with Gasteiger partial charge < -0.3 is 62.5 Å². The number of aliphatic hydroxyl groups excluding tert-OH is 1. The van der Waals surface area contributed by atoms with Crippen molar-refractivity contribution in [1.82, 2.24) is 4.90 Å². The van der Waals surface area contributed by atoms with Crippen molar-refractivity contribution in [2.24, 2.45) is 17.8 Å². The summed E-state index contributed by atoms with van der Waals surface area (Å²) >= 11 is 0. The van der Waals surface area contributed by atoms with Crippen LogP contribution in [0.5, 0.6) is 0 Å². The normalized spacial score (nSPS) is 38.7. The van der Waals surface area contributed by atoms with Gasteiger partial charge in [-0.3, -0.25) is 19.2 Å². The first-order valence-corrected chi connectivity index (χ1v) is 21.9. The monoisotopic (exact) mass is 883 g/mol. The van der Waals surface area contributed by atoms with Crippen molar-refractivity contribution in [2.45, 2.75) is 193 Å². The van der Waals surface area contributed by atoms with Gasteiger partial charge in [0.2, 0.25) is 0 Å². The summed E-state index contributed by atoms with van der Waals surface area (Å²) in [5, 5.41) is 22.8. The summed E-state index contributed by atoms with van der Waals surface area (Å²) in [6.07, 6.45) is -4.36. The Hall–Kier alpha value is -3.29. The van der Waals surface area contributed by atoms with Gasteiger partial charge in [0.1, 0.15) is 36.3 Å². The minimum absolute atomic E-state index is 0.00145. The first-order chi connectivity index (χ1) is 29.1. The summed E-state index contributed by atoms with van der Waals surface area (Å²) < 4.78 is 55.5. The lowest BCUT2D eigenvalue weighted by Crippen LogP contribution is -2.66. The molecule has 0 aliphatic carbocycles. The highest BCUT2D eigenvalue weighted by atomic mass is 16.7. The molecule has 2 fully saturated rings. The first-order valence-electron chi connectivity index (χ1n) is 21.9. The number of methoxy groups -OCH3 is 1. The molecule has 16 atom stereocenters. The summed E-state index contributed by atoms with van der Waals surface area (Å²) in [6, 6.07) is -0.777. The molecule has 3 aliphatic rings. The van der Waals surface area contributed by atoms with Crippen LogP contribution in [0.4, 0.5) is 0 Å². The molecule has 0 radical (unpaired) electrons. The molecule has 0 aromatic heterocycles. The number of hydrogen-bond acceptors (Lipinski definition) is 17. The van der Waals surface area contributed by atoms with E-state index in [0.29, 0.717) is 12.7 Å². The molecule has 354 valence electrons. The van der Waals surface area contributed by atoms with E-state index in [0.717, 1.165) is 0 Å². The molecule has 17 heteroatoms. The molecule has 3 heterocycles. The quantitative estimate of drug-likeness (QED) is 0.144. The number of ether oxygens (including phenoxy) is 9. The molecular weight excluding hydrogens is 810 g/mol. The highest BCUT2D eigenvalue weighted by Crippen LogP contribution is 2.38. The highest BCUT2D eigenvalue weighted by molar-refractivity contribution is 5.72. The Morgan fingerprint density at radius 3 is 2.24 bits per heavy atom. The van der Waals surface area contributed by atoms with Crippen LogP contribution >= 0.6 is 0 Å². The van der Waals surface area contributed by atoms with Gasteiger partial charge in [-0.2, -0.15) is 0 Å². The molecule has 0 amide bonds. The molecular formula is C45H73NO16. The van der Waals surface area contributed by atoms with E-state index in [1.165, 1.54) is 14.0 Å². The molecule has 0 aromatic carbocycles. The van der Waals surface area contributed by atoms with Gasteiger partial charge in [-0.1, -0.05) is 52.0 Å². The number of allylic oxidation sites excluding steroid dienone is 2. The number of nitrogens with zero attached hydrogens (tertiary/aromatic N) is 1. The zero-order valence-corrected chi connectivity index (χ0v) is 38.6. The minimum Gasteiger partial charge on any atom is -0.462 e. The Labute approximate surface area is 367 Å². The molecule has 3 aliphatic heterocycles. The van der Waals surface area contributed by atoms with Crippen LogP contribution in [-0.4, -0.2) is 152 Å². The smallest absolute Gasteiger partial charge is 0.309 e. The predicted molar refractivity (Wildman–Crippen MR) is 224 cm³/mol. The van der Waals surface area contributed by atoms with Crippen LogP contribution in [0.15, 0.2) is 24.3 Å². The Morgan fingerprint density at radius 2 is 1.66 bits per heavy atom. The third-order valence-electron chi connectivity index (χ3n) is 11.4. The number of carbonyl (C=O) groups excluding carboxylic acids is 5. The lowest BCUT2D eigenvalue weighted by molar-refractivity contribution is -0.345. The Kier molecular flexibility index (Phi) is 21.1. The van der Waals surface area contributed by atoms with E-state index in [9.17, 15) is 34.2 Å². The maximum atomic E-state index is 13.4. The summed E-state index contributed by atoms with van der Waals surface area (Å²) in [6.45, 7) is 15.1. The van der Waals surface area contributed by atoms with E-state index in [4.69, 9.17) is 42.6 Å². The van der Waals surface area contributed by atoms with Gasteiger partial charge in [0.05, 0.1) is 36.9 Å². The van der Waals surface area contributed by atoms with E-state index < -0.39 is 127 Å². The molecule has 0 saturated carbocycles. The molecule has 17 nitrogen and oxygen atoms in total. The Balaban J connectivity index is 2.10. The summed E-state index contributed by atoms with van der Waals surface area (Å²) in [5.74, 6) is -3.52. The Bertz CT molecular complexity index is 1520. The van der Waals surface area contributed by atoms with Crippen molar-refractivity contribution in [3.05, 3.63) is 24.3 Å². The fourth-order valence-electron chi connectivity index (χ4n) is 8.41. The second-order valence-electron chi connectivity index (χ2n) is 17.8. The topological polar surface area (TPSA) is 212 Å². The van der Waals surface area contributed by atoms with Crippen LogP contribution in [0.2, 0.25) is 0 Å². The Morgan fingerprint density at radius 1 is 0.968 bits per heavy atom. The molecule has 5 unspecified atom stereocenters. The van der Waals surface area contributed by atoms with E-state index in [1.807, 2.05) is 20.8 Å². The molecule has 2 saturated heterocycles. The third kappa shape index (κ3) is 15.5. The fourth-order valence-corrected chi connectivity index (χ4v) is 8.41. The van der Waals surface area contributed by atoms with Crippen LogP contribution in [0.25, 0.3) is 0 Å². The minimum atomic E-state index is -1.53. The third-order valence-corrected chi connectivity index (χ3v) is 11.4. The van der Waals surface area contributed by atoms with Crippen molar-refractivity contribution in [2.75, 3.05) is 21.2 Å². The lowest BCUT2D eigenvalue weighted by Gasteiger charge is -2.51. The van der Waals surface area contributed by atoms with Crippen molar-refractivity contribution in [1.29, 1.82) is 0 Å². The van der Waals surface area contributed by atoms with Gasteiger partial charge in [-0.25, -0.2) is 0 Å². The van der Waals surface area contributed by atoms with Gasteiger partial charge >= 0.3 is 23.9 Å². The van der Waals surface area contributed by atoms with Crippen LogP contribution < -0.4 is 0 Å². The van der Waals surface area contributed by atoms with Crippen molar-refractivity contribution >= 4 is 30.2 Å². The zero-order chi connectivity index (χ0) is 46.5. The molecule has 0 spiro atoms. The molecule has 2 N–H and O–H groups in total. The standard InChI is InChI=1S/C45H73NO16/c1-13-34(50)59-42-38(46(10)11)39(61-37-24-45(9,53)43(29(7)56-37)60-35(51)21-25(2)3)28(6)57-44(42)62-40-31(19-20-47)22-26(4)32(49)18-16-14-15-17-27(5)55-36(52)23-33(41(40)54-12)58-30(8)48/h14-16,18,20,25-29,31-33,37-44,49,53H,13,17,19,21-24H2,1-12H3/b15-14+,18-16+/t26-,27-,28?,29+,31+,32+,33?,37?,38+,39-,40?,41+,42-,43+,44?,45-/m1/s1. The second kappa shape index (κ2) is 24.7. The van der Waals surface area contributed by atoms with Gasteiger partial charge in [-0.05, 0) is 66.0 Å². The van der Waals surface area contributed by atoms with Gasteiger partial charge in [-0.15, -0.1) is 0 Å². The number of carbonyl (C=O) groups is 5. The van der Waals surface area contributed by atoms with E-state index in [1.54, 1.807) is 77.9 Å². The summed E-state index contributed by atoms with van der Waals surface area (Å²) in [5.41, 5.74) is -1.53. The van der Waals surface area contributed by atoms with Crippen LogP contribution in [-0.2, 0) is 66.6 Å². The highest BCUT2D eigenvalue weighted by Gasteiger charge is 2.54. The lowest BCUT2D eigenvalue weighted by atomic mass is 9.82. The van der Waals surface area contributed by atoms with Crippen LogP contribution in [0.1, 0.15) is 107 Å². The predicted octanol–water partition coefficient (Wildman–Crippen LogP) is 3.97. The van der Waals surface area contributed by atoms with E-state index in [2.05, 4.69) is 0 Å². The number of hydrogen-bond donors (Lipinski definition) is 2. The molecule has 62 heavy (non-hydrogen) atoms. The molecule has 0 bridgehead atoms. The summed E-state index contributed by atoms with van der Waals surface area (Å²) in [4.78, 5) is 66.1. The maximum Gasteiger partial charge on any atom is 0.309 e. The molecule has 3 rings (SSSR count). The zero-order valence-electron chi connectivity index (χ0n) is 38.6. The van der Waals surface area contributed by atoms with Crippen molar-refractivity contribution < 1.29 is 76.8 Å². The van der Waals surface area contributed by atoms with Crippen LogP contribution in [0, 0.1) is 17.8 Å². The van der Waals surface area contributed by atoms with Gasteiger partial charge in [0, 0.05) is 46.1 Å². The summed E-state index contributed by atoms with van der Waals surface area (Å²) in [7, 11) is 4.89. The number of aliphatic hydroxyl groups is 2. The largest absolute Gasteiger partial charge is 0.462 e. The first kappa shape index (κ1) is 53.1. The molecule has 0 aromatic rings. The maximum absolute atomic E-state index is 13.4. The van der Waals surface area contributed by atoms with Gasteiger partial charge in [0.25, 0.3) is 0 Å². The number of cyclic esters (lactones) is 1. The number of esters is 4.